The van der Waals surface area contributed by atoms with Gasteiger partial charge in [-0.25, -0.2) is 14.8 Å². The van der Waals surface area contributed by atoms with E-state index in [1.807, 2.05) is 20.8 Å². The molecule has 3 aromatic rings. The highest BCUT2D eigenvalue weighted by molar-refractivity contribution is 6.31. The number of hydrogen-bond acceptors (Lipinski definition) is 5. The molecule has 1 aromatic heterocycles. The maximum absolute atomic E-state index is 12.5. The van der Waals surface area contributed by atoms with Crippen LogP contribution >= 0.6 is 11.6 Å². The topological polar surface area (TPSA) is 81.2 Å². The number of fused-ring (bicyclic) bond motifs is 1. The van der Waals surface area contributed by atoms with Gasteiger partial charge in [-0.1, -0.05) is 17.7 Å². The number of carbonyl (C=O) groups is 2. The molecule has 0 saturated carbocycles. The second-order valence-corrected chi connectivity index (χ2v) is 7.03. The van der Waals surface area contributed by atoms with Gasteiger partial charge in [0.05, 0.1) is 28.0 Å². The van der Waals surface area contributed by atoms with Gasteiger partial charge in [0, 0.05) is 10.7 Å². The highest BCUT2D eigenvalue weighted by Gasteiger charge is 2.20. The van der Waals surface area contributed by atoms with Gasteiger partial charge in [0.15, 0.2) is 6.10 Å². The van der Waals surface area contributed by atoms with Gasteiger partial charge in [-0.2, -0.15) is 0 Å². The summed E-state index contributed by atoms with van der Waals surface area (Å²) in [5.41, 5.74) is 4.67. The van der Waals surface area contributed by atoms with Crippen LogP contribution in [0.2, 0.25) is 5.02 Å². The number of rotatable bonds is 4. The fraction of sp³-hybridized carbons (Fsp3) is 0.238. The van der Waals surface area contributed by atoms with E-state index in [0.717, 1.165) is 17.0 Å². The SMILES string of the molecule is Cc1ccc(Cl)cc1NC(=O)C(C)OC(=O)c1ccc2nc(C)c(C)nc2c1. The number of nitrogens with one attached hydrogen (secondary N) is 1. The molecule has 0 fully saturated rings. The predicted molar refractivity (Wildman–Crippen MR) is 109 cm³/mol. The van der Waals surface area contributed by atoms with Gasteiger partial charge < -0.3 is 10.1 Å². The van der Waals surface area contributed by atoms with Crippen LogP contribution in [0.5, 0.6) is 0 Å². The Hall–Kier alpha value is -2.99. The minimum absolute atomic E-state index is 0.309. The molecule has 6 nitrogen and oxygen atoms in total. The van der Waals surface area contributed by atoms with Crippen LogP contribution in [0, 0.1) is 20.8 Å². The zero-order chi connectivity index (χ0) is 20.4. The van der Waals surface area contributed by atoms with E-state index >= 15 is 0 Å². The minimum atomic E-state index is -0.979. The average molecular weight is 398 g/mol. The molecule has 0 aliphatic heterocycles. The van der Waals surface area contributed by atoms with Crippen LogP contribution in [-0.2, 0) is 9.53 Å². The lowest BCUT2D eigenvalue weighted by molar-refractivity contribution is -0.123. The molecule has 28 heavy (non-hydrogen) atoms. The smallest absolute Gasteiger partial charge is 0.338 e. The number of esters is 1. The normalized spacial score (nSPS) is 11.9. The third kappa shape index (κ3) is 4.28. The molecule has 3 rings (SSSR count). The molecule has 0 spiro atoms. The minimum Gasteiger partial charge on any atom is -0.449 e. The molecule has 0 aliphatic rings. The Labute approximate surface area is 167 Å². The maximum Gasteiger partial charge on any atom is 0.338 e. The Morgan fingerprint density at radius 1 is 1.00 bits per heavy atom. The lowest BCUT2D eigenvalue weighted by Gasteiger charge is -2.15. The van der Waals surface area contributed by atoms with E-state index < -0.39 is 18.0 Å². The summed E-state index contributed by atoms with van der Waals surface area (Å²) in [5.74, 6) is -1.04. The third-order valence-electron chi connectivity index (χ3n) is 4.42. The monoisotopic (exact) mass is 397 g/mol. The molecule has 2 aromatic carbocycles. The average Bonchev–Trinajstić information content (AvgIpc) is 2.65. The van der Waals surface area contributed by atoms with Gasteiger partial charge in [-0.05, 0) is 63.6 Å². The molecule has 1 heterocycles. The van der Waals surface area contributed by atoms with Crippen molar-refractivity contribution in [1.29, 1.82) is 0 Å². The number of nitrogens with zero attached hydrogens (tertiary/aromatic N) is 2. The van der Waals surface area contributed by atoms with Crippen molar-refractivity contribution in [3.05, 3.63) is 63.9 Å². The molecule has 7 heteroatoms. The molecular weight excluding hydrogens is 378 g/mol. The second kappa shape index (κ2) is 7.94. The summed E-state index contributed by atoms with van der Waals surface area (Å²) < 4.78 is 5.31. The lowest BCUT2D eigenvalue weighted by Crippen LogP contribution is -2.30. The van der Waals surface area contributed by atoms with E-state index in [1.165, 1.54) is 6.92 Å². The summed E-state index contributed by atoms with van der Waals surface area (Å²) in [6.07, 6.45) is -0.979. The number of halogens is 1. The Balaban J connectivity index is 1.72. The zero-order valence-corrected chi connectivity index (χ0v) is 16.8. The number of carbonyl (C=O) groups excluding carboxylic acids is 2. The van der Waals surface area contributed by atoms with E-state index in [-0.39, 0.29) is 0 Å². The quantitative estimate of drug-likeness (QED) is 0.660. The molecule has 0 radical (unpaired) electrons. The first-order valence-electron chi connectivity index (χ1n) is 8.77. The number of aryl methyl sites for hydroxylation is 3. The van der Waals surface area contributed by atoms with Crippen molar-refractivity contribution in [3.63, 3.8) is 0 Å². The van der Waals surface area contributed by atoms with Gasteiger partial charge in [0.2, 0.25) is 0 Å². The predicted octanol–water partition coefficient (Wildman–Crippen LogP) is 4.39. The Bertz CT molecular complexity index is 1080. The van der Waals surface area contributed by atoms with Crippen molar-refractivity contribution in [2.45, 2.75) is 33.8 Å². The fourth-order valence-corrected chi connectivity index (χ4v) is 2.78. The van der Waals surface area contributed by atoms with Crippen LogP contribution in [0.25, 0.3) is 11.0 Å². The molecular formula is C21H20ClN3O3. The number of amides is 1. The van der Waals surface area contributed by atoms with Crippen molar-refractivity contribution in [2.75, 3.05) is 5.32 Å². The second-order valence-electron chi connectivity index (χ2n) is 6.59. The van der Waals surface area contributed by atoms with Crippen LogP contribution in [-0.4, -0.2) is 27.9 Å². The summed E-state index contributed by atoms with van der Waals surface area (Å²) in [6, 6.07) is 10.1. The number of ether oxygens (including phenoxy) is 1. The Morgan fingerprint density at radius 3 is 2.39 bits per heavy atom. The van der Waals surface area contributed by atoms with E-state index in [4.69, 9.17) is 16.3 Å². The summed E-state index contributed by atoms with van der Waals surface area (Å²) in [4.78, 5) is 33.7. The van der Waals surface area contributed by atoms with Crippen molar-refractivity contribution in [1.82, 2.24) is 9.97 Å². The van der Waals surface area contributed by atoms with Crippen LogP contribution in [0.15, 0.2) is 36.4 Å². The largest absolute Gasteiger partial charge is 0.449 e. The van der Waals surface area contributed by atoms with Crippen LogP contribution in [0.3, 0.4) is 0 Å². The van der Waals surface area contributed by atoms with Crippen LogP contribution < -0.4 is 5.32 Å². The molecule has 1 N–H and O–H groups in total. The fourth-order valence-electron chi connectivity index (χ4n) is 2.60. The van der Waals surface area contributed by atoms with Crippen LogP contribution in [0.1, 0.15) is 34.2 Å². The third-order valence-corrected chi connectivity index (χ3v) is 4.66. The summed E-state index contributed by atoms with van der Waals surface area (Å²) >= 11 is 5.97. The van der Waals surface area contributed by atoms with Crippen molar-refractivity contribution in [3.8, 4) is 0 Å². The van der Waals surface area contributed by atoms with Gasteiger partial charge in [0.1, 0.15) is 0 Å². The molecule has 1 amide bonds. The highest BCUT2D eigenvalue weighted by Crippen LogP contribution is 2.21. The Morgan fingerprint density at radius 2 is 1.68 bits per heavy atom. The summed E-state index contributed by atoms with van der Waals surface area (Å²) in [7, 11) is 0. The highest BCUT2D eigenvalue weighted by atomic mass is 35.5. The van der Waals surface area contributed by atoms with E-state index in [1.54, 1.807) is 36.4 Å². The van der Waals surface area contributed by atoms with E-state index in [9.17, 15) is 9.59 Å². The van der Waals surface area contributed by atoms with Crippen molar-refractivity contribution >= 4 is 40.2 Å². The lowest BCUT2D eigenvalue weighted by atomic mass is 10.1. The molecule has 144 valence electrons. The van der Waals surface area contributed by atoms with Gasteiger partial charge in [0.25, 0.3) is 5.91 Å². The number of hydrogen-bond donors (Lipinski definition) is 1. The standard InChI is InChI=1S/C21H20ClN3O3/c1-11-5-7-16(22)10-18(11)25-20(26)14(4)28-21(27)15-6-8-17-19(9-15)24-13(3)12(2)23-17/h5-10,14H,1-4H3,(H,25,26). The van der Waals surface area contributed by atoms with Gasteiger partial charge in [-0.15, -0.1) is 0 Å². The van der Waals surface area contributed by atoms with Crippen molar-refractivity contribution < 1.29 is 14.3 Å². The molecule has 1 unspecified atom stereocenters. The Kier molecular flexibility index (Phi) is 5.61. The first-order chi connectivity index (χ1) is 13.2. The number of anilines is 1. The van der Waals surface area contributed by atoms with Gasteiger partial charge >= 0.3 is 5.97 Å². The van der Waals surface area contributed by atoms with E-state index in [2.05, 4.69) is 15.3 Å². The molecule has 0 aliphatic carbocycles. The number of benzene rings is 2. The summed E-state index contributed by atoms with van der Waals surface area (Å²) in [6.45, 7) is 7.10. The van der Waals surface area contributed by atoms with Crippen molar-refractivity contribution in [2.24, 2.45) is 0 Å². The first kappa shape index (κ1) is 19.8. The van der Waals surface area contributed by atoms with Gasteiger partial charge in [-0.3, -0.25) is 4.79 Å². The zero-order valence-electron chi connectivity index (χ0n) is 16.0. The number of aromatic nitrogens is 2. The van der Waals surface area contributed by atoms with Crippen LogP contribution in [0.4, 0.5) is 5.69 Å². The maximum atomic E-state index is 12.5. The molecule has 0 saturated heterocycles. The molecule has 0 bridgehead atoms. The first-order valence-corrected chi connectivity index (χ1v) is 9.15. The summed E-state index contributed by atoms with van der Waals surface area (Å²) in [5, 5.41) is 3.24. The molecule has 1 atom stereocenters. The van der Waals surface area contributed by atoms with E-state index in [0.29, 0.717) is 27.3 Å².